The second-order valence-corrected chi connectivity index (χ2v) is 7.78. The van der Waals surface area contributed by atoms with Gasteiger partial charge in [0.25, 0.3) is 0 Å². The maximum absolute atomic E-state index is 3.78. The van der Waals surface area contributed by atoms with Crippen LogP contribution < -0.4 is 10.6 Å². The van der Waals surface area contributed by atoms with Crippen molar-refractivity contribution in [3.63, 3.8) is 0 Å². The van der Waals surface area contributed by atoms with Gasteiger partial charge in [0.05, 0.1) is 0 Å². The molecule has 1 atom stereocenters. The van der Waals surface area contributed by atoms with E-state index in [1.165, 1.54) is 96.4 Å². The lowest BCUT2D eigenvalue weighted by Gasteiger charge is -2.25. The first-order valence-electron chi connectivity index (χ1n) is 10.7. The van der Waals surface area contributed by atoms with E-state index in [1.807, 2.05) is 0 Å². The number of unbranched alkanes of at least 4 members (excludes halogenated alkanes) is 1. The van der Waals surface area contributed by atoms with E-state index in [0.717, 1.165) is 18.0 Å². The summed E-state index contributed by atoms with van der Waals surface area (Å²) in [5.41, 5.74) is 0. The molecule has 2 aliphatic carbocycles. The van der Waals surface area contributed by atoms with Gasteiger partial charge in [-0.15, -0.1) is 0 Å². The van der Waals surface area contributed by atoms with Crippen LogP contribution in [0.1, 0.15) is 104 Å². The van der Waals surface area contributed by atoms with Crippen molar-refractivity contribution in [3.8, 4) is 0 Å². The number of rotatable bonds is 8. The van der Waals surface area contributed by atoms with Crippen LogP contribution in [0.15, 0.2) is 0 Å². The Morgan fingerprint density at radius 1 is 0.826 bits per heavy atom. The summed E-state index contributed by atoms with van der Waals surface area (Å²) in [6.07, 6.45) is 19.9. The minimum Gasteiger partial charge on any atom is -0.317 e. The lowest BCUT2D eigenvalue weighted by Crippen LogP contribution is -2.34. The fourth-order valence-corrected chi connectivity index (χ4v) is 3.97. The summed E-state index contributed by atoms with van der Waals surface area (Å²) in [6.45, 7) is 5.89. The molecule has 1 unspecified atom stereocenters. The monoisotopic (exact) mass is 324 g/mol. The van der Waals surface area contributed by atoms with E-state index < -0.39 is 0 Å². The van der Waals surface area contributed by atoms with E-state index in [2.05, 4.69) is 31.5 Å². The van der Waals surface area contributed by atoms with Crippen LogP contribution in [0.4, 0.5) is 0 Å². The van der Waals surface area contributed by atoms with Crippen LogP contribution >= 0.6 is 0 Å². The highest BCUT2D eigenvalue weighted by Crippen LogP contribution is 2.19. The lowest BCUT2D eigenvalue weighted by atomic mass is 9.94. The predicted octanol–water partition coefficient (Wildman–Crippen LogP) is 5.66. The first-order chi connectivity index (χ1) is 11.3. The summed E-state index contributed by atoms with van der Waals surface area (Å²) in [7, 11) is 2.07. The fourth-order valence-electron chi connectivity index (χ4n) is 3.97. The van der Waals surface area contributed by atoms with Gasteiger partial charge in [-0.1, -0.05) is 71.6 Å². The second-order valence-electron chi connectivity index (χ2n) is 7.78. The molecule has 0 bridgehead atoms. The molecule has 2 rings (SSSR count). The molecule has 2 nitrogen and oxygen atoms in total. The van der Waals surface area contributed by atoms with Gasteiger partial charge < -0.3 is 10.6 Å². The molecule has 0 heterocycles. The molecular formula is C21H44N2. The molecule has 138 valence electrons. The van der Waals surface area contributed by atoms with Crippen molar-refractivity contribution in [1.82, 2.24) is 10.6 Å². The Morgan fingerprint density at radius 3 is 1.83 bits per heavy atom. The van der Waals surface area contributed by atoms with Crippen LogP contribution in [0.3, 0.4) is 0 Å². The van der Waals surface area contributed by atoms with Crippen molar-refractivity contribution in [2.45, 2.75) is 116 Å². The molecule has 23 heavy (non-hydrogen) atoms. The predicted molar refractivity (Wildman–Crippen MR) is 104 cm³/mol. The Hall–Kier alpha value is -0.0800. The van der Waals surface area contributed by atoms with Crippen LogP contribution in [0.25, 0.3) is 0 Å². The van der Waals surface area contributed by atoms with Crippen molar-refractivity contribution in [2.75, 3.05) is 13.6 Å². The Balaban J connectivity index is 0.000000277. The quantitative estimate of drug-likeness (QED) is 0.601. The molecule has 2 N–H and O–H groups in total. The smallest absolute Gasteiger partial charge is 0.00671 e. The average Bonchev–Trinajstić information content (AvgIpc) is 2.64. The largest absolute Gasteiger partial charge is 0.317 e. The van der Waals surface area contributed by atoms with Gasteiger partial charge in [-0.05, 0) is 51.6 Å². The average molecular weight is 325 g/mol. The summed E-state index contributed by atoms with van der Waals surface area (Å²) in [5.74, 6) is 0.923. The summed E-state index contributed by atoms with van der Waals surface area (Å²) in [5, 5.41) is 7.09. The molecule has 0 aromatic carbocycles. The maximum atomic E-state index is 3.78. The van der Waals surface area contributed by atoms with Gasteiger partial charge in [-0.25, -0.2) is 0 Å². The minimum absolute atomic E-state index is 0.837. The molecule has 0 saturated heterocycles. The zero-order valence-corrected chi connectivity index (χ0v) is 16.3. The Morgan fingerprint density at radius 2 is 1.39 bits per heavy atom. The van der Waals surface area contributed by atoms with Crippen LogP contribution in [0.5, 0.6) is 0 Å². The molecule has 2 aliphatic rings. The third kappa shape index (κ3) is 10.4. The standard InChI is InChI=1S/C14H29N.C7H15N/c1-3-5-9-13(4-2)12-15-14-10-7-6-8-11-14;1-8-7-5-3-2-4-6-7/h13-15H,3-12H2,1-2H3;7-8H,2-6H2,1H3. The second kappa shape index (κ2) is 14.3. The van der Waals surface area contributed by atoms with Gasteiger partial charge in [-0.3, -0.25) is 0 Å². The SMILES string of the molecule is CCCCC(CC)CNC1CCCCC1.CNC1CCCCC1. The molecule has 0 aromatic heterocycles. The van der Waals surface area contributed by atoms with E-state index in [4.69, 9.17) is 0 Å². The summed E-state index contributed by atoms with van der Waals surface area (Å²) >= 11 is 0. The first kappa shape index (κ1) is 21.0. The van der Waals surface area contributed by atoms with Crippen LogP contribution in [-0.2, 0) is 0 Å². The molecular weight excluding hydrogens is 280 g/mol. The van der Waals surface area contributed by atoms with Crippen LogP contribution in [0, 0.1) is 5.92 Å². The van der Waals surface area contributed by atoms with Crippen molar-refractivity contribution in [2.24, 2.45) is 5.92 Å². The first-order valence-corrected chi connectivity index (χ1v) is 10.7. The Kier molecular flexibility index (Phi) is 13.0. The van der Waals surface area contributed by atoms with Gasteiger partial charge >= 0.3 is 0 Å². The molecule has 0 radical (unpaired) electrons. The van der Waals surface area contributed by atoms with Crippen molar-refractivity contribution in [3.05, 3.63) is 0 Å². The maximum Gasteiger partial charge on any atom is 0.00671 e. The summed E-state index contributed by atoms with van der Waals surface area (Å²) in [6, 6.07) is 1.68. The topological polar surface area (TPSA) is 24.1 Å². The Bertz CT molecular complexity index is 242. The highest BCUT2D eigenvalue weighted by Gasteiger charge is 2.14. The highest BCUT2D eigenvalue weighted by atomic mass is 14.9. The molecule has 0 amide bonds. The summed E-state index contributed by atoms with van der Waals surface area (Å²) in [4.78, 5) is 0. The minimum atomic E-state index is 0.837. The molecule has 0 aliphatic heterocycles. The van der Waals surface area contributed by atoms with Crippen molar-refractivity contribution >= 4 is 0 Å². The van der Waals surface area contributed by atoms with E-state index in [1.54, 1.807) is 0 Å². The van der Waals surface area contributed by atoms with Crippen LogP contribution in [0.2, 0.25) is 0 Å². The lowest BCUT2D eigenvalue weighted by molar-refractivity contribution is 0.331. The third-order valence-corrected chi connectivity index (χ3v) is 5.86. The highest BCUT2D eigenvalue weighted by molar-refractivity contribution is 4.73. The Labute approximate surface area is 146 Å². The van der Waals surface area contributed by atoms with E-state index in [-0.39, 0.29) is 0 Å². The van der Waals surface area contributed by atoms with E-state index >= 15 is 0 Å². The number of nitrogens with one attached hydrogen (secondary N) is 2. The van der Waals surface area contributed by atoms with Gasteiger partial charge in [0, 0.05) is 12.1 Å². The van der Waals surface area contributed by atoms with E-state index in [0.29, 0.717) is 0 Å². The van der Waals surface area contributed by atoms with Gasteiger partial charge in [0.15, 0.2) is 0 Å². The zero-order chi connectivity index (χ0) is 16.8. The molecule has 2 saturated carbocycles. The van der Waals surface area contributed by atoms with Gasteiger partial charge in [-0.2, -0.15) is 0 Å². The molecule has 2 fully saturated rings. The van der Waals surface area contributed by atoms with Crippen molar-refractivity contribution < 1.29 is 0 Å². The molecule has 0 spiro atoms. The van der Waals surface area contributed by atoms with Gasteiger partial charge in [0.1, 0.15) is 0 Å². The van der Waals surface area contributed by atoms with Crippen molar-refractivity contribution in [1.29, 1.82) is 0 Å². The van der Waals surface area contributed by atoms with Gasteiger partial charge in [0.2, 0.25) is 0 Å². The summed E-state index contributed by atoms with van der Waals surface area (Å²) < 4.78 is 0. The normalized spacial score (nSPS) is 21.5. The van der Waals surface area contributed by atoms with Crippen LogP contribution in [-0.4, -0.2) is 25.7 Å². The van der Waals surface area contributed by atoms with E-state index in [9.17, 15) is 0 Å². The number of hydrogen-bond donors (Lipinski definition) is 2. The zero-order valence-electron chi connectivity index (χ0n) is 16.3. The fraction of sp³-hybridized carbons (Fsp3) is 1.00. The number of hydrogen-bond acceptors (Lipinski definition) is 2. The molecule has 2 heteroatoms. The third-order valence-electron chi connectivity index (χ3n) is 5.86. The molecule has 0 aromatic rings.